The molecule has 0 aliphatic carbocycles. The number of carbonyl (C=O) groups is 3. The lowest BCUT2D eigenvalue weighted by atomic mass is 10.1. The van der Waals surface area contributed by atoms with Gasteiger partial charge in [-0.2, -0.15) is 4.31 Å². The highest BCUT2D eigenvalue weighted by Crippen LogP contribution is 2.30. The molecule has 0 radical (unpaired) electrons. The topological polar surface area (TPSA) is 131 Å². The van der Waals surface area contributed by atoms with Crippen LogP contribution in [0, 0.1) is 0 Å². The number of methoxy groups -OCH3 is 1. The molecule has 0 unspecified atom stereocenters. The van der Waals surface area contributed by atoms with Crippen molar-refractivity contribution in [1.82, 2.24) is 14.9 Å². The summed E-state index contributed by atoms with van der Waals surface area (Å²) in [5.74, 6) is -1.70. The van der Waals surface area contributed by atoms with Crippen molar-refractivity contribution in [3.05, 3.63) is 59.7 Å². The number of amides is 3. The van der Waals surface area contributed by atoms with Crippen LogP contribution in [0.15, 0.2) is 53.4 Å². The second-order valence-corrected chi connectivity index (χ2v) is 9.15. The highest BCUT2D eigenvalue weighted by molar-refractivity contribution is 7.89. The van der Waals surface area contributed by atoms with Crippen molar-refractivity contribution < 1.29 is 32.3 Å². The minimum absolute atomic E-state index is 0.0813. The van der Waals surface area contributed by atoms with Crippen LogP contribution in [0.5, 0.6) is 5.75 Å². The molecule has 1 aliphatic heterocycles. The molecule has 0 saturated carbocycles. The van der Waals surface area contributed by atoms with Crippen molar-refractivity contribution in [2.45, 2.75) is 23.8 Å². The second-order valence-electron chi connectivity index (χ2n) is 7.24. The maximum absolute atomic E-state index is 13.1. The van der Waals surface area contributed by atoms with Gasteiger partial charge in [-0.05, 0) is 31.0 Å². The molecule has 3 amide bonds. The highest BCUT2D eigenvalue weighted by Gasteiger charge is 2.32. The molecule has 1 fully saturated rings. The van der Waals surface area contributed by atoms with E-state index in [9.17, 15) is 22.8 Å². The van der Waals surface area contributed by atoms with Crippen molar-refractivity contribution in [3.8, 4) is 5.75 Å². The molecular formula is C22H25N3O7S. The Labute approximate surface area is 191 Å². The van der Waals surface area contributed by atoms with E-state index in [0.29, 0.717) is 18.7 Å². The van der Waals surface area contributed by atoms with Crippen LogP contribution in [-0.2, 0) is 19.6 Å². The predicted molar refractivity (Wildman–Crippen MR) is 118 cm³/mol. The zero-order valence-corrected chi connectivity index (χ0v) is 19.1. The van der Waals surface area contributed by atoms with Crippen LogP contribution in [0.1, 0.15) is 34.9 Å². The molecule has 1 aliphatic rings. The largest absolute Gasteiger partial charge is 0.495 e. The Morgan fingerprint density at radius 2 is 1.70 bits per heavy atom. The van der Waals surface area contributed by atoms with E-state index in [1.54, 1.807) is 30.3 Å². The first kappa shape index (κ1) is 24.2. The maximum atomic E-state index is 13.1. The fourth-order valence-corrected chi connectivity index (χ4v) is 5.09. The molecular weight excluding hydrogens is 450 g/mol. The summed E-state index contributed by atoms with van der Waals surface area (Å²) in [6.45, 7) is 0.770. The number of hydrogen-bond donors (Lipinski definition) is 2. The molecule has 2 aromatic rings. The first-order valence-corrected chi connectivity index (χ1v) is 11.7. The van der Waals surface area contributed by atoms with Gasteiger partial charge in [-0.3, -0.25) is 10.1 Å². The van der Waals surface area contributed by atoms with Gasteiger partial charge in [-0.25, -0.2) is 18.0 Å². The number of nitrogens with zero attached hydrogens (tertiary/aromatic N) is 1. The fourth-order valence-electron chi connectivity index (χ4n) is 3.39. The summed E-state index contributed by atoms with van der Waals surface area (Å²) in [5, 5.41) is 4.34. The molecule has 1 heterocycles. The molecule has 1 saturated heterocycles. The zero-order chi connectivity index (χ0) is 24.0. The van der Waals surface area contributed by atoms with Crippen LogP contribution >= 0.6 is 0 Å². The van der Waals surface area contributed by atoms with Crippen LogP contribution < -0.4 is 15.4 Å². The van der Waals surface area contributed by atoms with Crippen LogP contribution in [0.3, 0.4) is 0 Å². The molecule has 0 aromatic heterocycles. The molecule has 1 atom stereocenters. The first-order chi connectivity index (χ1) is 15.8. The Morgan fingerprint density at radius 1 is 1.03 bits per heavy atom. The number of hydrogen-bond acceptors (Lipinski definition) is 7. The van der Waals surface area contributed by atoms with Gasteiger partial charge < -0.3 is 14.8 Å². The maximum Gasteiger partial charge on any atom is 0.339 e. The molecule has 10 nitrogen and oxygen atoms in total. The minimum Gasteiger partial charge on any atom is -0.495 e. The van der Waals surface area contributed by atoms with Gasteiger partial charge in [0.25, 0.3) is 5.91 Å². The summed E-state index contributed by atoms with van der Waals surface area (Å²) in [5.41, 5.74) is 0.257. The number of benzene rings is 2. The molecule has 2 aromatic carbocycles. The van der Waals surface area contributed by atoms with Gasteiger partial charge in [0.05, 0.1) is 12.7 Å². The normalized spacial score (nSPS) is 14.8. The summed E-state index contributed by atoms with van der Waals surface area (Å²) in [6, 6.07) is 11.3. The van der Waals surface area contributed by atoms with E-state index in [1.807, 2.05) is 0 Å². The number of urea groups is 1. The Morgan fingerprint density at radius 3 is 2.30 bits per heavy atom. The lowest BCUT2D eigenvalue weighted by Crippen LogP contribution is -2.41. The summed E-state index contributed by atoms with van der Waals surface area (Å²) in [4.78, 5) is 37.0. The number of rotatable bonds is 7. The van der Waals surface area contributed by atoms with E-state index in [1.165, 1.54) is 36.7 Å². The Bertz CT molecular complexity index is 1130. The Hall–Kier alpha value is -3.44. The van der Waals surface area contributed by atoms with Gasteiger partial charge in [-0.1, -0.05) is 30.3 Å². The number of sulfonamides is 1. The standard InChI is InChI=1S/C22H25N3O7S/c1-23-22(28)24-20(26)19(15-8-4-3-5-9-15)32-21(27)16-10-11-17(31-2)18(14-16)33(29,30)25-12-6-7-13-25/h3-5,8-11,14,19H,6-7,12-13H2,1-2H3,(H2,23,24,26,28)/t19-/m0/s1. The number of imide groups is 1. The van der Waals surface area contributed by atoms with Crippen molar-refractivity contribution in [1.29, 1.82) is 0 Å². The lowest BCUT2D eigenvalue weighted by Gasteiger charge is -2.19. The van der Waals surface area contributed by atoms with E-state index < -0.39 is 34.0 Å². The quantitative estimate of drug-likeness (QED) is 0.584. The van der Waals surface area contributed by atoms with Gasteiger partial charge in [0.1, 0.15) is 10.6 Å². The third kappa shape index (κ3) is 5.49. The van der Waals surface area contributed by atoms with Gasteiger partial charge in [-0.15, -0.1) is 0 Å². The highest BCUT2D eigenvalue weighted by atomic mass is 32.2. The van der Waals surface area contributed by atoms with E-state index in [2.05, 4.69) is 10.6 Å². The van der Waals surface area contributed by atoms with Crippen LogP contribution in [0.2, 0.25) is 0 Å². The Balaban J connectivity index is 1.92. The van der Waals surface area contributed by atoms with E-state index in [4.69, 9.17) is 9.47 Å². The minimum atomic E-state index is -3.89. The van der Waals surface area contributed by atoms with Gasteiger partial charge in [0, 0.05) is 25.7 Å². The average Bonchev–Trinajstić information content (AvgIpc) is 3.38. The van der Waals surface area contributed by atoms with Gasteiger partial charge >= 0.3 is 12.0 Å². The molecule has 0 spiro atoms. The molecule has 0 bridgehead atoms. The van der Waals surface area contributed by atoms with Crippen molar-refractivity contribution in [2.24, 2.45) is 0 Å². The molecule has 176 valence electrons. The van der Waals surface area contributed by atoms with E-state index in [-0.39, 0.29) is 16.2 Å². The van der Waals surface area contributed by atoms with Crippen molar-refractivity contribution in [2.75, 3.05) is 27.2 Å². The van der Waals surface area contributed by atoms with Crippen LogP contribution in [-0.4, -0.2) is 57.9 Å². The number of ether oxygens (including phenoxy) is 2. The zero-order valence-electron chi connectivity index (χ0n) is 18.2. The predicted octanol–water partition coefficient (Wildman–Crippen LogP) is 1.83. The van der Waals surface area contributed by atoms with Gasteiger partial charge in [0.15, 0.2) is 0 Å². The number of nitrogens with one attached hydrogen (secondary N) is 2. The summed E-state index contributed by atoms with van der Waals surface area (Å²) >= 11 is 0. The smallest absolute Gasteiger partial charge is 0.339 e. The summed E-state index contributed by atoms with van der Waals surface area (Å²) < 4.78 is 38.1. The molecule has 11 heteroatoms. The van der Waals surface area contributed by atoms with Crippen molar-refractivity contribution in [3.63, 3.8) is 0 Å². The molecule has 3 rings (SSSR count). The first-order valence-electron chi connectivity index (χ1n) is 10.2. The molecule has 33 heavy (non-hydrogen) atoms. The fraction of sp³-hybridized carbons (Fsp3) is 0.318. The monoisotopic (exact) mass is 475 g/mol. The number of esters is 1. The lowest BCUT2D eigenvalue weighted by molar-refractivity contribution is -0.129. The summed E-state index contributed by atoms with van der Waals surface area (Å²) in [6.07, 6.45) is 0.0714. The third-order valence-electron chi connectivity index (χ3n) is 5.11. The van der Waals surface area contributed by atoms with E-state index in [0.717, 1.165) is 12.8 Å². The SMILES string of the molecule is CNC(=O)NC(=O)[C@@H](OC(=O)c1ccc(OC)c(S(=O)(=O)N2CCCC2)c1)c1ccccc1. The van der Waals surface area contributed by atoms with Gasteiger partial charge in [0.2, 0.25) is 16.1 Å². The molecule has 2 N–H and O–H groups in total. The summed E-state index contributed by atoms with van der Waals surface area (Å²) in [7, 11) is -1.21. The average molecular weight is 476 g/mol. The van der Waals surface area contributed by atoms with Crippen LogP contribution in [0.4, 0.5) is 4.79 Å². The Kier molecular flexibility index (Phi) is 7.67. The third-order valence-corrected chi connectivity index (χ3v) is 7.03. The van der Waals surface area contributed by atoms with Crippen LogP contribution in [0.25, 0.3) is 0 Å². The van der Waals surface area contributed by atoms with Crippen molar-refractivity contribution >= 4 is 27.9 Å². The number of carbonyl (C=O) groups excluding carboxylic acids is 3. The van der Waals surface area contributed by atoms with E-state index >= 15 is 0 Å². The second kappa shape index (κ2) is 10.5.